The lowest BCUT2D eigenvalue weighted by Crippen LogP contribution is -2.50. The molecule has 0 radical (unpaired) electrons. The van der Waals surface area contributed by atoms with Crippen LogP contribution in [0.25, 0.3) is 0 Å². The number of rotatable bonds is 2. The Morgan fingerprint density at radius 2 is 2.05 bits per heavy atom. The van der Waals surface area contributed by atoms with Crippen molar-refractivity contribution in [3.8, 4) is 0 Å². The summed E-state index contributed by atoms with van der Waals surface area (Å²) in [7, 11) is 0. The fourth-order valence-electron chi connectivity index (χ4n) is 3.61. The maximum Gasteiger partial charge on any atom is 0.329 e. The van der Waals surface area contributed by atoms with Gasteiger partial charge in [0.25, 0.3) is 5.56 Å². The zero-order valence-electron chi connectivity index (χ0n) is 12.7. The molecule has 0 aromatic carbocycles. The molecule has 1 atom stereocenters. The molecule has 0 saturated carbocycles. The maximum absolute atomic E-state index is 12.3. The number of hydrogen-bond acceptors (Lipinski definition) is 4. The number of fused-ring (bicyclic) bond motifs is 1. The third-order valence-electron chi connectivity index (χ3n) is 5.03. The number of aromatic amines is 1. The molecule has 0 bridgehead atoms. The van der Waals surface area contributed by atoms with Crippen LogP contribution >= 0.6 is 0 Å². The minimum atomic E-state index is -0.329. The van der Waals surface area contributed by atoms with Crippen molar-refractivity contribution in [2.24, 2.45) is 5.92 Å². The van der Waals surface area contributed by atoms with Gasteiger partial charge in [-0.1, -0.05) is 0 Å². The molecule has 2 aliphatic heterocycles. The van der Waals surface area contributed by atoms with Crippen molar-refractivity contribution in [1.82, 2.24) is 9.55 Å². The van der Waals surface area contributed by atoms with E-state index in [2.05, 4.69) is 17.2 Å². The summed E-state index contributed by atoms with van der Waals surface area (Å²) in [6.45, 7) is 5.99. The van der Waals surface area contributed by atoms with Crippen LogP contribution in [0.3, 0.4) is 0 Å². The molecule has 1 aromatic heterocycles. The molecule has 3 heterocycles. The van der Waals surface area contributed by atoms with Gasteiger partial charge in [0.1, 0.15) is 5.82 Å². The highest BCUT2D eigenvalue weighted by atomic mass is 16.5. The highest BCUT2D eigenvalue weighted by Crippen LogP contribution is 2.37. The molecule has 0 amide bonds. The topological polar surface area (TPSA) is 76.1 Å². The largest absolute Gasteiger partial charge is 0.381 e. The van der Waals surface area contributed by atoms with Gasteiger partial charge >= 0.3 is 5.69 Å². The summed E-state index contributed by atoms with van der Waals surface area (Å²) in [6, 6.07) is 0. The van der Waals surface area contributed by atoms with Crippen LogP contribution in [0.2, 0.25) is 0 Å². The van der Waals surface area contributed by atoms with Crippen LogP contribution in [0, 0.1) is 5.92 Å². The van der Waals surface area contributed by atoms with Crippen molar-refractivity contribution in [3.05, 3.63) is 26.4 Å². The molecule has 0 aliphatic carbocycles. The number of hydrogen-bond donors (Lipinski definition) is 2. The Morgan fingerprint density at radius 3 is 2.71 bits per heavy atom. The lowest BCUT2D eigenvalue weighted by atomic mass is 9.75. The third kappa shape index (κ3) is 2.41. The second kappa shape index (κ2) is 5.33. The summed E-state index contributed by atoms with van der Waals surface area (Å²) in [6.07, 6.45) is 3.67. The quantitative estimate of drug-likeness (QED) is 0.856. The van der Waals surface area contributed by atoms with Gasteiger partial charge in [0.05, 0.1) is 5.56 Å². The van der Waals surface area contributed by atoms with E-state index in [0.717, 1.165) is 32.5 Å². The summed E-state index contributed by atoms with van der Waals surface area (Å²) in [5, 5.41) is 3.45. The van der Waals surface area contributed by atoms with E-state index < -0.39 is 0 Å². The van der Waals surface area contributed by atoms with Gasteiger partial charge in [-0.25, -0.2) is 4.79 Å². The van der Waals surface area contributed by atoms with Gasteiger partial charge in [-0.3, -0.25) is 14.3 Å². The molecule has 1 aromatic rings. The molecule has 1 saturated heterocycles. The molecule has 1 fully saturated rings. The van der Waals surface area contributed by atoms with Crippen LogP contribution in [0.4, 0.5) is 5.82 Å². The van der Waals surface area contributed by atoms with Crippen molar-refractivity contribution in [1.29, 1.82) is 0 Å². The summed E-state index contributed by atoms with van der Waals surface area (Å²) in [5.74, 6) is 1.13. The Morgan fingerprint density at radius 1 is 1.33 bits per heavy atom. The molecular formula is C15H23N3O3. The Balaban J connectivity index is 1.95. The van der Waals surface area contributed by atoms with Crippen molar-refractivity contribution in [3.63, 3.8) is 0 Å². The maximum atomic E-state index is 12.3. The van der Waals surface area contributed by atoms with E-state index in [1.807, 2.05) is 6.92 Å². The first-order valence-electron chi connectivity index (χ1n) is 7.77. The summed E-state index contributed by atoms with van der Waals surface area (Å²) >= 11 is 0. The normalized spacial score (nSPS) is 26.2. The molecule has 0 spiro atoms. The molecule has 2 N–H and O–H groups in total. The van der Waals surface area contributed by atoms with E-state index in [4.69, 9.17) is 4.74 Å². The smallest absolute Gasteiger partial charge is 0.329 e. The van der Waals surface area contributed by atoms with Crippen LogP contribution < -0.4 is 16.6 Å². The van der Waals surface area contributed by atoms with Gasteiger partial charge in [-0.05, 0) is 45.4 Å². The van der Waals surface area contributed by atoms with E-state index in [-0.39, 0.29) is 16.8 Å². The van der Waals surface area contributed by atoms with Crippen molar-refractivity contribution >= 4 is 5.82 Å². The SMILES string of the molecule is CCn1c(=O)[nH]c2c(c1=O)CC[C@](C)(C1CCOCC1)N2. The first-order chi connectivity index (χ1) is 10.0. The van der Waals surface area contributed by atoms with Crippen molar-refractivity contribution < 1.29 is 4.74 Å². The minimum Gasteiger partial charge on any atom is -0.381 e. The molecule has 21 heavy (non-hydrogen) atoms. The number of anilines is 1. The molecule has 0 unspecified atom stereocenters. The molecular weight excluding hydrogens is 270 g/mol. The lowest BCUT2D eigenvalue weighted by molar-refractivity contribution is 0.0436. The monoisotopic (exact) mass is 293 g/mol. The average Bonchev–Trinajstić information content (AvgIpc) is 2.48. The Labute approximate surface area is 123 Å². The number of H-pyrrole nitrogens is 1. The summed E-state index contributed by atoms with van der Waals surface area (Å²) < 4.78 is 6.70. The molecule has 3 rings (SSSR count). The highest BCUT2D eigenvalue weighted by molar-refractivity contribution is 5.48. The zero-order chi connectivity index (χ0) is 15.0. The van der Waals surface area contributed by atoms with E-state index in [9.17, 15) is 9.59 Å². The van der Waals surface area contributed by atoms with E-state index in [1.54, 1.807) is 0 Å². The standard InChI is InChI=1S/C15H23N3O3/c1-3-18-13(19)11-4-7-15(2,10-5-8-21-9-6-10)17-12(11)16-14(18)20/h10,17H,3-9H2,1-2H3,(H,16,20)/t15-/m1/s1. The fraction of sp³-hybridized carbons (Fsp3) is 0.733. The number of ether oxygens (including phenoxy) is 1. The van der Waals surface area contributed by atoms with Gasteiger partial charge in [0.15, 0.2) is 0 Å². The summed E-state index contributed by atoms with van der Waals surface area (Å²) in [5.41, 5.74) is 0.147. The van der Waals surface area contributed by atoms with Crippen LogP contribution in [-0.2, 0) is 17.7 Å². The predicted octanol–water partition coefficient (Wildman–Crippen LogP) is 1.10. The summed E-state index contributed by atoms with van der Waals surface area (Å²) in [4.78, 5) is 27.2. The third-order valence-corrected chi connectivity index (χ3v) is 5.03. The average molecular weight is 293 g/mol. The number of aromatic nitrogens is 2. The second-order valence-corrected chi connectivity index (χ2v) is 6.26. The van der Waals surface area contributed by atoms with Crippen LogP contribution in [-0.4, -0.2) is 28.3 Å². The van der Waals surface area contributed by atoms with Crippen LogP contribution in [0.1, 0.15) is 38.7 Å². The second-order valence-electron chi connectivity index (χ2n) is 6.26. The lowest BCUT2D eigenvalue weighted by Gasteiger charge is -2.44. The van der Waals surface area contributed by atoms with Gasteiger partial charge in [0, 0.05) is 25.3 Å². The Bertz CT molecular complexity index is 643. The van der Waals surface area contributed by atoms with Crippen LogP contribution in [0.15, 0.2) is 9.59 Å². The Kier molecular flexibility index (Phi) is 3.65. The Hall–Kier alpha value is -1.56. The molecule has 6 nitrogen and oxygen atoms in total. The van der Waals surface area contributed by atoms with E-state index >= 15 is 0 Å². The van der Waals surface area contributed by atoms with Crippen LogP contribution in [0.5, 0.6) is 0 Å². The molecule has 6 heteroatoms. The minimum absolute atomic E-state index is 0.0788. The first-order valence-corrected chi connectivity index (χ1v) is 7.77. The van der Waals surface area contributed by atoms with Gasteiger partial charge < -0.3 is 10.1 Å². The van der Waals surface area contributed by atoms with Crippen molar-refractivity contribution in [2.75, 3.05) is 18.5 Å². The van der Waals surface area contributed by atoms with Crippen molar-refractivity contribution in [2.45, 2.75) is 51.6 Å². The highest BCUT2D eigenvalue weighted by Gasteiger charge is 2.39. The molecule has 2 aliphatic rings. The van der Waals surface area contributed by atoms with E-state index in [0.29, 0.717) is 30.3 Å². The van der Waals surface area contributed by atoms with Gasteiger partial charge in [0.2, 0.25) is 0 Å². The fourth-order valence-corrected chi connectivity index (χ4v) is 3.61. The van der Waals surface area contributed by atoms with E-state index in [1.165, 1.54) is 4.57 Å². The van der Waals surface area contributed by atoms with Gasteiger partial charge in [-0.15, -0.1) is 0 Å². The number of nitrogens with zero attached hydrogens (tertiary/aromatic N) is 1. The first kappa shape index (κ1) is 14.4. The zero-order valence-corrected chi connectivity index (χ0v) is 12.7. The predicted molar refractivity (Wildman–Crippen MR) is 80.9 cm³/mol. The van der Waals surface area contributed by atoms with Gasteiger partial charge in [-0.2, -0.15) is 0 Å². The molecule has 116 valence electrons. The number of nitrogens with one attached hydrogen (secondary N) is 2.